The SMILES string of the molecule is Cc1cc(CN)cc(C)c1Oc1cnc2ccccc2n1. The number of ether oxygens (including phenoxy) is 1. The van der Waals surface area contributed by atoms with Crippen LogP contribution in [0.1, 0.15) is 16.7 Å². The molecule has 0 saturated carbocycles. The number of aromatic nitrogens is 2. The molecular formula is C17H17N3O. The van der Waals surface area contributed by atoms with Crippen LogP contribution >= 0.6 is 0 Å². The van der Waals surface area contributed by atoms with Gasteiger partial charge in [-0.05, 0) is 42.7 Å². The largest absolute Gasteiger partial charge is 0.437 e. The number of hydrogen-bond acceptors (Lipinski definition) is 4. The summed E-state index contributed by atoms with van der Waals surface area (Å²) in [5.74, 6) is 1.32. The molecule has 0 aliphatic carbocycles. The zero-order chi connectivity index (χ0) is 14.8. The Morgan fingerprint density at radius 3 is 2.38 bits per heavy atom. The minimum absolute atomic E-state index is 0.500. The summed E-state index contributed by atoms with van der Waals surface area (Å²) in [7, 11) is 0. The second-order valence-electron chi connectivity index (χ2n) is 5.06. The lowest BCUT2D eigenvalue weighted by Gasteiger charge is -2.12. The van der Waals surface area contributed by atoms with Gasteiger partial charge >= 0.3 is 0 Å². The number of nitrogens with zero attached hydrogens (tertiary/aromatic N) is 2. The molecule has 0 atom stereocenters. The van der Waals surface area contributed by atoms with E-state index in [9.17, 15) is 0 Å². The normalized spacial score (nSPS) is 10.8. The Hall–Kier alpha value is -2.46. The molecule has 3 rings (SSSR count). The molecule has 0 unspecified atom stereocenters. The van der Waals surface area contributed by atoms with E-state index in [0.717, 1.165) is 33.5 Å². The molecule has 2 N–H and O–H groups in total. The third kappa shape index (κ3) is 2.71. The molecule has 106 valence electrons. The van der Waals surface area contributed by atoms with Gasteiger partial charge in [0.1, 0.15) is 5.75 Å². The highest BCUT2D eigenvalue weighted by Gasteiger charge is 2.09. The van der Waals surface area contributed by atoms with E-state index in [-0.39, 0.29) is 0 Å². The molecule has 3 aromatic rings. The molecule has 0 fully saturated rings. The second kappa shape index (κ2) is 5.50. The molecule has 4 heteroatoms. The summed E-state index contributed by atoms with van der Waals surface area (Å²) in [5, 5.41) is 0. The minimum Gasteiger partial charge on any atom is -0.437 e. The van der Waals surface area contributed by atoms with Crippen molar-refractivity contribution in [3.63, 3.8) is 0 Å². The fourth-order valence-corrected chi connectivity index (χ4v) is 2.41. The molecule has 0 saturated heterocycles. The van der Waals surface area contributed by atoms with Crippen LogP contribution in [-0.2, 0) is 6.54 Å². The van der Waals surface area contributed by atoms with Gasteiger partial charge in [0.05, 0.1) is 17.2 Å². The summed E-state index contributed by atoms with van der Waals surface area (Å²) < 4.78 is 5.93. The number of fused-ring (bicyclic) bond motifs is 1. The van der Waals surface area contributed by atoms with E-state index in [1.807, 2.05) is 50.2 Å². The van der Waals surface area contributed by atoms with Crippen LogP contribution in [0.5, 0.6) is 11.6 Å². The highest BCUT2D eigenvalue weighted by atomic mass is 16.5. The fraction of sp³-hybridized carbons (Fsp3) is 0.176. The van der Waals surface area contributed by atoms with Gasteiger partial charge in [-0.2, -0.15) is 0 Å². The maximum Gasteiger partial charge on any atom is 0.238 e. The predicted octanol–water partition coefficient (Wildman–Crippen LogP) is 3.50. The molecule has 1 aromatic heterocycles. The van der Waals surface area contributed by atoms with Crippen molar-refractivity contribution in [2.45, 2.75) is 20.4 Å². The van der Waals surface area contributed by atoms with Gasteiger partial charge < -0.3 is 10.5 Å². The van der Waals surface area contributed by atoms with E-state index in [0.29, 0.717) is 12.4 Å². The molecule has 0 spiro atoms. The molecule has 0 radical (unpaired) electrons. The standard InChI is InChI=1S/C17H17N3O/c1-11-7-13(9-18)8-12(2)17(11)21-16-10-19-14-5-3-4-6-15(14)20-16/h3-8,10H,9,18H2,1-2H3. The van der Waals surface area contributed by atoms with Gasteiger partial charge in [0.25, 0.3) is 0 Å². The smallest absolute Gasteiger partial charge is 0.238 e. The molecule has 4 nitrogen and oxygen atoms in total. The quantitative estimate of drug-likeness (QED) is 0.797. The number of rotatable bonds is 3. The Morgan fingerprint density at radius 1 is 1.05 bits per heavy atom. The molecule has 0 amide bonds. The first-order valence-electron chi connectivity index (χ1n) is 6.87. The van der Waals surface area contributed by atoms with Crippen molar-refractivity contribution in [1.29, 1.82) is 0 Å². The van der Waals surface area contributed by atoms with Crippen molar-refractivity contribution in [1.82, 2.24) is 9.97 Å². The van der Waals surface area contributed by atoms with E-state index in [1.54, 1.807) is 6.20 Å². The Labute approximate surface area is 123 Å². The van der Waals surface area contributed by atoms with Crippen LogP contribution in [0.25, 0.3) is 11.0 Å². The van der Waals surface area contributed by atoms with Crippen LogP contribution in [0.2, 0.25) is 0 Å². The summed E-state index contributed by atoms with van der Waals surface area (Å²) >= 11 is 0. The number of benzene rings is 2. The third-order valence-electron chi connectivity index (χ3n) is 3.39. The fourth-order valence-electron chi connectivity index (χ4n) is 2.41. The first-order chi connectivity index (χ1) is 10.2. The summed E-state index contributed by atoms with van der Waals surface area (Å²) in [6.07, 6.45) is 1.65. The van der Waals surface area contributed by atoms with Gasteiger partial charge in [-0.1, -0.05) is 24.3 Å². The van der Waals surface area contributed by atoms with Gasteiger partial charge in [-0.25, -0.2) is 9.97 Å². The molecule has 0 bridgehead atoms. The summed E-state index contributed by atoms with van der Waals surface area (Å²) in [4.78, 5) is 8.85. The van der Waals surface area contributed by atoms with E-state index in [1.165, 1.54) is 0 Å². The topological polar surface area (TPSA) is 61.0 Å². The van der Waals surface area contributed by atoms with Crippen molar-refractivity contribution in [2.24, 2.45) is 5.73 Å². The predicted molar refractivity (Wildman–Crippen MR) is 83.4 cm³/mol. The highest BCUT2D eigenvalue weighted by molar-refractivity contribution is 5.74. The Morgan fingerprint density at radius 2 is 1.71 bits per heavy atom. The maximum absolute atomic E-state index is 5.93. The summed E-state index contributed by atoms with van der Waals surface area (Å²) in [6.45, 7) is 4.55. The van der Waals surface area contributed by atoms with Crippen LogP contribution in [0.4, 0.5) is 0 Å². The van der Waals surface area contributed by atoms with Gasteiger partial charge in [-0.15, -0.1) is 0 Å². The van der Waals surface area contributed by atoms with E-state index >= 15 is 0 Å². The van der Waals surface area contributed by atoms with Crippen LogP contribution in [-0.4, -0.2) is 9.97 Å². The molecule has 1 heterocycles. The number of aryl methyl sites for hydroxylation is 2. The van der Waals surface area contributed by atoms with E-state index < -0.39 is 0 Å². The van der Waals surface area contributed by atoms with Crippen LogP contribution in [0, 0.1) is 13.8 Å². The molecular weight excluding hydrogens is 262 g/mol. The van der Waals surface area contributed by atoms with Crippen molar-refractivity contribution in [2.75, 3.05) is 0 Å². The first-order valence-corrected chi connectivity index (χ1v) is 6.87. The zero-order valence-corrected chi connectivity index (χ0v) is 12.1. The zero-order valence-electron chi connectivity index (χ0n) is 12.1. The maximum atomic E-state index is 5.93. The van der Waals surface area contributed by atoms with Crippen LogP contribution < -0.4 is 10.5 Å². The number of hydrogen-bond donors (Lipinski definition) is 1. The van der Waals surface area contributed by atoms with Crippen LogP contribution in [0.3, 0.4) is 0 Å². The Kier molecular flexibility index (Phi) is 3.54. The lowest BCUT2D eigenvalue weighted by atomic mass is 10.1. The number of para-hydroxylation sites is 2. The van der Waals surface area contributed by atoms with Gasteiger partial charge in [0.2, 0.25) is 5.88 Å². The lowest BCUT2D eigenvalue weighted by molar-refractivity contribution is 0.455. The van der Waals surface area contributed by atoms with E-state index in [4.69, 9.17) is 10.5 Å². The third-order valence-corrected chi connectivity index (χ3v) is 3.39. The van der Waals surface area contributed by atoms with Crippen molar-refractivity contribution < 1.29 is 4.74 Å². The lowest BCUT2D eigenvalue weighted by Crippen LogP contribution is -2.00. The molecule has 0 aliphatic rings. The Balaban J connectivity index is 1.98. The Bertz CT molecular complexity index is 776. The highest BCUT2D eigenvalue weighted by Crippen LogP contribution is 2.29. The number of nitrogens with two attached hydrogens (primary N) is 1. The van der Waals surface area contributed by atoms with E-state index in [2.05, 4.69) is 9.97 Å². The summed E-state index contributed by atoms with van der Waals surface area (Å²) in [5.41, 5.74) is 10.6. The van der Waals surface area contributed by atoms with Gasteiger partial charge in [0, 0.05) is 6.54 Å². The monoisotopic (exact) mass is 279 g/mol. The van der Waals surface area contributed by atoms with Gasteiger partial charge in [0.15, 0.2) is 0 Å². The first kappa shape index (κ1) is 13.5. The van der Waals surface area contributed by atoms with Crippen molar-refractivity contribution >= 4 is 11.0 Å². The molecule has 21 heavy (non-hydrogen) atoms. The van der Waals surface area contributed by atoms with Crippen molar-refractivity contribution in [3.05, 3.63) is 59.3 Å². The average Bonchev–Trinajstić information content (AvgIpc) is 2.50. The minimum atomic E-state index is 0.500. The average molecular weight is 279 g/mol. The molecule has 0 aliphatic heterocycles. The summed E-state index contributed by atoms with van der Waals surface area (Å²) in [6, 6.07) is 11.8. The van der Waals surface area contributed by atoms with Crippen molar-refractivity contribution in [3.8, 4) is 11.6 Å². The van der Waals surface area contributed by atoms with Crippen LogP contribution in [0.15, 0.2) is 42.6 Å². The molecule has 2 aromatic carbocycles. The van der Waals surface area contributed by atoms with Gasteiger partial charge in [-0.3, -0.25) is 0 Å². The second-order valence-corrected chi connectivity index (χ2v) is 5.06.